The number of alkyl halides is 2. The van der Waals surface area contributed by atoms with E-state index in [4.69, 9.17) is 0 Å². The zero-order valence-corrected chi connectivity index (χ0v) is 10.4. The maximum atomic E-state index is 13.3. The van der Waals surface area contributed by atoms with Gasteiger partial charge in [0.05, 0.1) is 0 Å². The first-order chi connectivity index (χ1) is 8.16. The van der Waals surface area contributed by atoms with E-state index in [9.17, 15) is 18.4 Å². The first-order valence-electron chi connectivity index (χ1n) is 5.17. The van der Waals surface area contributed by atoms with Gasteiger partial charge in [-0.3, -0.25) is 13.9 Å². The Bertz CT molecular complexity index is 748. The number of fused-ring (bicyclic) bond motifs is 1. The predicted octanol–water partition coefficient (Wildman–Crippen LogP) is 0.0824. The van der Waals surface area contributed by atoms with Crippen molar-refractivity contribution < 1.29 is 8.78 Å². The fourth-order valence-electron chi connectivity index (χ4n) is 1.91. The van der Waals surface area contributed by atoms with Gasteiger partial charge in [-0.1, -0.05) is 0 Å². The number of nitrogens with zero attached hydrogens (tertiary/aromatic N) is 4. The van der Waals surface area contributed by atoms with Crippen LogP contribution in [0.15, 0.2) is 9.59 Å². The molecule has 0 saturated heterocycles. The summed E-state index contributed by atoms with van der Waals surface area (Å²) in [5, 5.41) is 0. The third kappa shape index (κ3) is 1.48. The second kappa shape index (κ2) is 3.50. The minimum absolute atomic E-state index is 0.0175. The summed E-state index contributed by atoms with van der Waals surface area (Å²) in [6, 6.07) is 0. The highest BCUT2D eigenvalue weighted by molar-refractivity contribution is 5.71. The van der Waals surface area contributed by atoms with Crippen LogP contribution in [0.1, 0.15) is 12.7 Å². The van der Waals surface area contributed by atoms with Crippen LogP contribution in [-0.2, 0) is 27.1 Å². The molecule has 0 atom stereocenters. The molecule has 2 aromatic rings. The molecular weight excluding hydrogens is 246 g/mol. The number of imidazole rings is 1. The highest BCUT2D eigenvalue weighted by atomic mass is 19.3. The molecule has 0 unspecified atom stereocenters. The summed E-state index contributed by atoms with van der Waals surface area (Å²) >= 11 is 0. The third-order valence-corrected chi connectivity index (χ3v) is 2.87. The predicted molar refractivity (Wildman–Crippen MR) is 60.8 cm³/mol. The Balaban J connectivity index is 3.08. The number of hydrogen-bond donors (Lipinski definition) is 0. The van der Waals surface area contributed by atoms with Gasteiger partial charge in [0, 0.05) is 28.1 Å². The molecule has 0 fully saturated rings. The van der Waals surface area contributed by atoms with E-state index in [0.717, 1.165) is 13.7 Å². The Kier molecular flexibility index (Phi) is 2.42. The van der Waals surface area contributed by atoms with Crippen molar-refractivity contribution in [1.29, 1.82) is 0 Å². The molecule has 0 saturated carbocycles. The van der Waals surface area contributed by atoms with Crippen molar-refractivity contribution in [1.82, 2.24) is 18.7 Å². The maximum Gasteiger partial charge on any atom is 0.332 e. The SMILES string of the molecule is Cn1c(=O)c2c(nc(C(C)(F)F)n2C)n(C)c1=O. The monoisotopic (exact) mass is 258 g/mol. The largest absolute Gasteiger partial charge is 0.332 e. The Labute approximate surface area is 100 Å². The van der Waals surface area contributed by atoms with Crippen molar-refractivity contribution >= 4 is 11.2 Å². The molecule has 0 aromatic carbocycles. The van der Waals surface area contributed by atoms with E-state index in [-0.39, 0.29) is 11.2 Å². The summed E-state index contributed by atoms with van der Waals surface area (Å²) in [7, 11) is 4.00. The summed E-state index contributed by atoms with van der Waals surface area (Å²) in [6.45, 7) is 0.691. The van der Waals surface area contributed by atoms with Crippen LogP contribution >= 0.6 is 0 Å². The molecule has 98 valence electrons. The summed E-state index contributed by atoms with van der Waals surface area (Å²) in [6.07, 6.45) is 0. The molecule has 0 bridgehead atoms. The van der Waals surface area contributed by atoms with Crippen LogP contribution < -0.4 is 11.2 Å². The molecule has 0 spiro atoms. The lowest BCUT2D eigenvalue weighted by Crippen LogP contribution is -2.37. The molecule has 0 aliphatic heterocycles. The Morgan fingerprint density at radius 3 is 2.11 bits per heavy atom. The van der Waals surface area contributed by atoms with Crippen LogP contribution in [-0.4, -0.2) is 18.7 Å². The fraction of sp³-hybridized carbons (Fsp3) is 0.500. The van der Waals surface area contributed by atoms with Gasteiger partial charge in [0.2, 0.25) is 0 Å². The van der Waals surface area contributed by atoms with Crippen LogP contribution in [0.4, 0.5) is 8.78 Å². The second-order valence-corrected chi connectivity index (χ2v) is 4.26. The van der Waals surface area contributed by atoms with Gasteiger partial charge in [-0.2, -0.15) is 8.78 Å². The standard InChI is InChI=1S/C10H12F2N4O2/c1-10(11,12)8-13-6-5(14(8)2)7(17)16(4)9(18)15(6)3/h1-4H3. The molecule has 6 nitrogen and oxygen atoms in total. The first kappa shape index (κ1) is 12.5. The zero-order valence-electron chi connectivity index (χ0n) is 10.4. The van der Waals surface area contributed by atoms with Crippen molar-refractivity contribution in [2.75, 3.05) is 0 Å². The number of rotatable bonds is 1. The fourth-order valence-corrected chi connectivity index (χ4v) is 1.91. The lowest BCUT2D eigenvalue weighted by molar-refractivity contribution is 0.00544. The van der Waals surface area contributed by atoms with Gasteiger partial charge in [0.1, 0.15) is 0 Å². The van der Waals surface area contributed by atoms with E-state index in [1.165, 1.54) is 21.1 Å². The highest BCUT2D eigenvalue weighted by Gasteiger charge is 2.32. The van der Waals surface area contributed by atoms with Crippen molar-refractivity contribution in [2.45, 2.75) is 12.8 Å². The van der Waals surface area contributed by atoms with Crippen LogP contribution in [0.5, 0.6) is 0 Å². The molecule has 18 heavy (non-hydrogen) atoms. The maximum absolute atomic E-state index is 13.3. The van der Waals surface area contributed by atoms with Crippen molar-refractivity contribution in [3.63, 3.8) is 0 Å². The number of aromatic nitrogens is 4. The smallest absolute Gasteiger partial charge is 0.320 e. The van der Waals surface area contributed by atoms with Crippen LogP contribution in [0, 0.1) is 0 Å². The first-order valence-corrected chi connectivity index (χ1v) is 5.17. The van der Waals surface area contributed by atoms with E-state index >= 15 is 0 Å². The zero-order chi connectivity index (χ0) is 13.8. The van der Waals surface area contributed by atoms with E-state index in [2.05, 4.69) is 4.98 Å². The lowest BCUT2D eigenvalue weighted by Gasteiger charge is -2.08. The lowest BCUT2D eigenvalue weighted by atomic mass is 10.4. The molecule has 8 heteroatoms. The van der Waals surface area contributed by atoms with E-state index in [0.29, 0.717) is 6.92 Å². The van der Waals surface area contributed by atoms with Gasteiger partial charge in [-0.25, -0.2) is 9.78 Å². The minimum atomic E-state index is -3.19. The molecule has 0 aliphatic rings. The summed E-state index contributed by atoms with van der Waals surface area (Å²) in [4.78, 5) is 27.3. The van der Waals surface area contributed by atoms with Gasteiger partial charge >= 0.3 is 11.6 Å². The Hall–Kier alpha value is -1.99. The molecule has 2 rings (SSSR count). The van der Waals surface area contributed by atoms with Crippen LogP contribution in [0.2, 0.25) is 0 Å². The average Bonchev–Trinajstić information content (AvgIpc) is 2.61. The Morgan fingerprint density at radius 2 is 1.61 bits per heavy atom. The minimum Gasteiger partial charge on any atom is -0.320 e. The van der Waals surface area contributed by atoms with Crippen LogP contribution in [0.3, 0.4) is 0 Å². The van der Waals surface area contributed by atoms with E-state index < -0.39 is 23.0 Å². The number of aryl methyl sites for hydroxylation is 2. The normalized spacial score (nSPS) is 12.3. The molecular formula is C10H12F2N4O2. The average molecular weight is 258 g/mol. The van der Waals surface area contributed by atoms with Gasteiger partial charge in [0.15, 0.2) is 17.0 Å². The highest BCUT2D eigenvalue weighted by Crippen LogP contribution is 2.27. The molecule has 2 heterocycles. The molecule has 0 N–H and O–H groups in total. The van der Waals surface area contributed by atoms with Crippen molar-refractivity contribution in [2.24, 2.45) is 21.1 Å². The summed E-state index contributed by atoms with van der Waals surface area (Å²) in [5.74, 6) is -3.73. The molecule has 0 radical (unpaired) electrons. The second-order valence-electron chi connectivity index (χ2n) is 4.26. The van der Waals surface area contributed by atoms with Crippen LogP contribution in [0.25, 0.3) is 11.2 Å². The summed E-state index contributed by atoms with van der Waals surface area (Å²) < 4.78 is 29.6. The molecule has 2 aromatic heterocycles. The number of halogens is 2. The summed E-state index contributed by atoms with van der Waals surface area (Å²) in [5.41, 5.74) is -1.30. The van der Waals surface area contributed by atoms with Gasteiger partial charge in [0.25, 0.3) is 5.56 Å². The third-order valence-electron chi connectivity index (χ3n) is 2.87. The van der Waals surface area contributed by atoms with Crippen molar-refractivity contribution in [3.05, 3.63) is 26.7 Å². The van der Waals surface area contributed by atoms with Gasteiger partial charge in [-0.05, 0) is 0 Å². The number of hydrogen-bond acceptors (Lipinski definition) is 3. The van der Waals surface area contributed by atoms with E-state index in [1.54, 1.807) is 0 Å². The van der Waals surface area contributed by atoms with Gasteiger partial charge in [-0.15, -0.1) is 0 Å². The van der Waals surface area contributed by atoms with Crippen molar-refractivity contribution in [3.8, 4) is 0 Å². The topological polar surface area (TPSA) is 61.8 Å². The molecule has 0 aliphatic carbocycles. The van der Waals surface area contributed by atoms with E-state index in [1.807, 2.05) is 0 Å². The molecule has 0 amide bonds. The Morgan fingerprint density at radius 1 is 1.06 bits per heavy atom. The van der Waals surface area contributed by atoms with Gasteiger partial charge < -0.3 is 4.57 Å². The quantitative estimate of drug-likeness (QED) is 0.728.